The first-order chi connectivity index (χ1) is 5.65. The van der Waals surface area contributed by atoms with E-state index in [0.717, 1.165) is 0 Å². The highest BCUT2D eigenvalue weighted by molar-refractivity contribution is 7.80. The van der Waals surface area contributed by atoms with E-state index in [1.54, 1.807) is 0 Å². The monoisotopic (exact) mass is 179 g/mol. The Morgan fingerprint density at radius 3 is 2.75 bits per heavy atom. The largest absolute Gasteiger partial charge is 0.478 e. The van der Waals surface area contributed by atoms with Gasteiger partial charge in [0.2, 0.25) is 0 Å². The molecule has 1 aromatic carbocycles. The first-order valence-corrected chi connectivity index (χ1v) is 3.56. The molecule has 1 N–H and O–H groups in total. The first kappa shape index (κ1) is 8.62. The molecule has 0 amide bonds. The number of aromatic carboxylic acids is 1. The fraction of sp³-hybridized carbons (Fsp3) is 0. The van der Waals surface area contributed by atoms with Gasteiger partial charge in [0.05, 0.1) is 11.1 Å². The molecule has 12 heavy (non-hydrogen) atoms. The van der Waals surface area contributed by atoms with Crippen molar-refractivity contribution in [3.8, 4) is 6.07 Å². The normalized spacial score (nSPS) is 9.00. The van der Waals surface area contributed by atoms with Crippen molar-refractivity contribution in [1.82, 2.24) is 0 Å². The lowest BCUT2D eigenvalue weighted by Crippen LogP contribution is -1.96. The van der Waals surface area contributed by atoms with Gasteiger partial charge >= 0.3 is 5.97 Å². The zero-order valence-electron chi connectivity index (χ0n) is 5.98. The van der Waals surface area contributed by atoms with E-state index in [2.05, 4.69) is 12.6 Å². The van der Waals surface area contributed by atoms with Crippen LogP contribution in [-0.2, 0) is 0 Å². The van der Waals surface area contributed by atoms with Crippen LogP contribution >= 0.6 is 12.6 Å². The third-order valence-corrected chi connectivity index (χ3v) is 1.75. The van der Waals surface area contributed by atoms with Gasteiger partial charge in [-0.1, -0.05) is 0 Å². The molecule has 0 aliphatic rings. The first-order valence-electron chi connectivity index (χ1n) is 3.11. The molecule has 0 radical (unpaired) electrons. The number of nitrogens with zero attached hydrogens (tertiary/aromatic N) is 1. The van der Waals surface area contributed by atoms with Crippen molar-refractivity contribution in [2.45, 2.75) is 4.90 Å². The Hall–Kier alpha value is -1.47. The Morgan fingerprint density at radius 1 is 1.58 bits per heavy atom. The molecule has 0 spiro atoms. The van der Waals surface area contributed by atoms with Crippen LogP contribution in [0.4, 0.5) is 0 Å². The molecule has 0 aliphatic heterocycles. The summed E-state index contributed by atoms with van der Waals surface area (Å²) in [6.45, 7) is 0. The Kier molecular flexibility index (Phi) is 2.36. The number of carboxylic acids is 1. The van der Waals surface area contributed by atoms with Crippen LogP contribution in [0, 0.1) is 11.3 Å². The second kappa shape index (κ2) is 3.28. The number of benzene rings is 1. The maximum Gasteiger partial charge on any atom is 0.335 e. The third kappa shape index (κ3) is 1.57. The molecule has 0 atom stereocenters. The van der Waals surface area contributed by atoms with E-state index in [-0.39, 0.29) is 11.1 Å². The summed E-state index contributed by atoms with van der Waals surface area (Å²) in [4.78, 5) is 10.9. The molecular weight excluding hydrogens is 174 g/mol. The zero-order valence-corrected chi connectivity index (χ0v) is 6.88. The van der Waals surface area contributed by atoms with Crippen LogP contribution in [0.15, 0.2) is 23.1 Å². The maximum absolute atomic E-state index is 10.4. The van der Waals surface area contributed by atoms with E-state index in [4.69, 9.17) is 10.4 Å². The van der Waals surface area contributed by atoms with Crippen LogP contribution in [0.5, 0.6) is 0 Å². The van der Waals surface area contributed by atoms with E-state index in [1.807, 2.05) is 6.07 Å². The molecule has 0 fully saturated rings. The van der Waals surface area contributed by atoms with E-state index in [0.29, 0.717) is 4.90 Å². The molecule has 1 rings (SSSR count). The van der Waals surface area contributed by atoms with Crippen molar-refractivity contribution in [3.05, 3.63) is 29.3 Å². The Labute approximate surface area is 74.7 Å². The molecule has 3 nitrogen and oxygen atoms in total. The van der Waals surface area contributed by atoms with E-state index < -0.39 is 5.97 Å². The number of hydrogen-bond acceptors (Lipinski definition) is 3. The van der Waals surface area contributed by atoms with E-state index >= 15 is 0 Å². The van der Waals surface area contributed by atoms with Crippen LogP contribution in [0.3, 0.4) is 0 Å². The Balaban J connectivity index is 3.25. The molecule has 0 aromatic heterocycles. The van der Waals surface area contributed by atoms with Gasteiger partial charge in [-0.2, -0.15) is 5.26 Å². The lowest BCUT2D eigenvalue weighted by atomic mass is 10.1. The van der Waals surface area contributed by atoms with Crippen LogP contribution in [0.1, 0.15) is 15.9 Å². The number of nitriles is 1. The van der Waals surface area contributed by atoms with Crippen molar-refractivity contribution in [2.24, 2.45) is 0 Å². The van der Waals surface area contributed by atoms with E-state index in [9.17, 15) is 4.79 Å². The maximum atomic E-state index is 10.4. The smallest absolute Gasteiger partial charge is 0.335 e. The molecule has 0 heterocycles. The average Bonchev–Trinajstić information content (AvgIpc) is 2.05. The van der Waals surface area contributed by atoms with Crippen molar-refractivity contribution >= 4 is 18.6 Å². The molecule has 0 saturated heterocycles. The van der Waals surface area contributed by atoms with Gasteiger partial charge in [-0.3, -0.25) is 0 Å². The molecule has 0 unspecified atom stereocenters. The van der Waals surface area contributed by atoms with Gasteiger partial charge < -0.3 is 5.11 Å². The number of hydrogen-bond donors (Lipinski definition) is 2. The zero-order chi connectivity index (χ0) is 9.14. The Bertz CT molecular complexity index is 368. The lowest BCUT2D eigenvalue weighted by Gasteiger charge is -1.96. The van der Waals surface area contributed by atoms with E-state index in [1.165, 1.54) is 18.2 Å². The minimum Gasteiger partial charge on any atom is -0.478 e. The van der Waals surface area contributed by atoms with Crippen LogP contribution in [0.2, 0.25) is 0 Å². The lowest BCUT2D eigenvalue weighted by molar-refractivity contribution is 0.0697. The predicted octanol–water partition coefficient (Wildman–Crippen LogP) is 1.55. The summed E-state index contributed by atoms with van der Waals surface area (Å²) < 4.78 is 0. The fourth-order valence-electron chi connectivity index (χ4n) is 0.759. The van der Waals surface area contributed by atoms with Gasteiger partial charge in [0.1, 0.15) is 6.07 Å². The van der Waals surface area contributed by atoms with Crippen LogP contribution in [-0.4, -0.2) is 11.1 Å². The van der Waals surface area contributed by atoms with Gasteiger partial charge in [0, 0.05) is 4.90 Å². The standard InChI is InChI=1S/C8H5NO2S/c9-4-6-3-5(8(10)11)1-2-7(6)12/h1-3,12H,(H,10,11). The molecular formula is C8H5NO2S. The van der Waals surface area contributed by atoms with Crippen molar-refractivity contribution < 1.29 is 9.90 Å². The van der Waals surface area contributed by atoms with Crippen LogP contribution < -0.4 is 0 Å². The summed E-state index contributed by atoms with van der Waals surface area (Å²) in [5.41, 5.74) is 0.377. The molecule has 0 aliphatic carbocycles. The molecule has 60 valence electrons. The minimum atomic E-state index is -1.04. The summed E-state index contributed by atoms with van der Waals surface area (Å²) >= 11 is 3.98. The molecule has 0 saturated carbocycles. The highest BCUT2D eigenvalue weighted by Crippen LogP contribution is 2.14. The number of thiol groups is 1. The fourth-order valence-corrected chi connectivity index (χ4v) is 0.948. The highest BCUT2D eigenvalue weighted by Gasteiger charge is 2.05. The topological polar surface area (TPSA) is 61.1 Å². The van der Waals surface area contributed by atoms with Gasteiger partial charge in [0.25, 0.3) is 0 Å². The molecule has 4 heteroatoms. The average molecular weight is 179 g/mol. The van der Waals surface area contributed by atoms with Crippen molar-refractivity contribution in [3.63, 3.8) is 0 Å². The number of carboxylic acid groups (broad SMARTS) is 1. The minimum absolute atomic E-state index is 0.101. The highest BCUT2D eigenvalue weighted by atomic mass is 32.1. The van der Waals surface area contributed by atoms with Crippen molar-refractivity contribution in [1.29, 1.82) is 5.26 Å². The molecule has 1 aromatic rings. The van der Waals surface area contributed by atoms with Gasteiger partial charge in [-0.25, -0.2) is 4.79 Å². The quantitative estimate of drug-likeness (QED) is 0.643. The van der Waals surface area contributed by atoms with Crippen LogP contribution in [0.25, 0.3) is 0 Å². The van der Waals surface area contributed by atoms with Gasteiger partial charge in [-0.05, 0) is 18.2 Å². The van der Waals surface area contributed by atoms with Gasteiger partial charge in [-0.15, -0.1) is 12.6 Å². The van der Waals surface area contributed by atoms with Crippen molar-refractivity contribution in [2.75, 3.05) is 0 Å². The number of rotatable bonds is 1. The summed E-state index contributed by atoms with van der Waals surface area (Å²) in [6.07, 6.45) is 0. The predicted molar refractivity (Wildman–Crippen MR) is 45.4 cm³/mol. The summed E-state index contributed by atoms with van der Waals surface area (Å²) in [5, 5.41) is 17.1. The SMILES string of the molecule is N#Cc1cc(C(=O)O)ccc1S. The summed E-state index contributed by atoms with van der Waals surface area (Å²) in [5.74, 6) is -1.04. The second-order valence-corrected chi connectivity index (χ2v) is 2.63. The third-order valence-electron chi connectivity index (χ3n) is 1.36. The Morgan fingerprint density at radius 2 is 2.25 bits per heavy atom. The number of carbonyl (C=O) groups is 1. The van der Waals surface area contributed by atoms with Gasteiger partial charge in [0.15, 0.2) is 0 Å². The summed E-state index contributed by atoms with van der Waals surface area (Å²) in [6, 6.07) is 6.05. The summed E-state index contributed by atoms with van der Waals surface area (Å²) in [7, 11) is 0. The molecule has 0 bridgehead atoms. The second-order valence-electron chi connectivity index (χ2n) is 2.15.